The summed E-state index contributed by atoms with van der Waals surface area (Å²) in [5.41, 5.74) is 2.92. The molecule has 0 spiro atoms. The van der Waals surface area contributed by atoms with Crippen LogP contribution in [-0.4, -0.2) is 44.8 Å². The molecule has 0 radical (unpaired) electrons. The second kappa shape index (κ2) is 9.62. The molecule has 1 saturated heterocycles. The van der Waals surface area contributed by atoms with Crippen molar-refractivity contribution in [3.8, 4) is 0 Å². The highest BCUT2D eigenvalue weighted by Gasteiger charge is 2.32. The molecule has 1 N–H and O–H groups in total. The van der Waals surface area contributed by atoms with Gasteiger partial charge in [-0.15, -0.1) is 0 Å². The number of carbonyl (C=O) groups excluding carboxylic acids is 1. The fourth-order valence-corrected chi connectivity index (χ4v) is 5.28. The molecule has 1 aliphatic heterocycles. The SMILES string of the molecule is CCN(CC)c1ccc(NC(=O)C2CCN(S(=O)(=O)c3ccc(C)cc3)CC2)cc1. The number of hydrogen-bond acceptors (Lipinski definition) is 4. The van der Waals surface area contributed by atoms with Crippen LogP contribution < -0.4 is 10.2 Å². The second-order valence-corrected chi connectivity index (χ2v) is 9.64. The molecule has 0 aliphatic carbocycles. The van der Waals surface area contributed by atoms with Gasteiger partial charge in [0.25, 0.3) is 0 Å². The fraction of sp³-hybridized carbons (Fsp3) is 0.435. The van der Waals surface area contributed by atoms with Crippen molar-refractivity contribution in [1.82, 2.24) is 4.31 Å². The number of aryl methyl sites for hydroxylation is 1. The number of nitrogens with one attached hydrogen (secondary N) is 1. The average Bonchev–Trinajstić information content (AvgIpc) is 2.76. The van der Waals surface area contributed by atoms with Gasteiger partial charge in [0.15, 0.2) is 0 Å². The van der Waals surface area contributed by atoms with Gasteiger partial charge >= 0.3 is 0 Å². The molecule has 30 heavy (non-hydrogen) atoms. The van der Waals surface area contributed by atoms with Crippen molar-refractivity contribution in [2.75, 3.05) is 36.4 Å². The number of sulfonamides is 1. The lowest BCUT2D eigenvalue weighted by molar-refractivity contribution is -0.120. The fourth-order valence-electron chi connectivity index (χ4n) is 3.81. The molecule has 1 heterocycles. The number of amides is 1. The Kier molecular flexibility index (Phi) is 7.15. The molecule has 0 atom stereocenters. The molecule has 0 aromatic heterocycles. The molecular weight excluding hydrogens is 398 g/mol. The highest BCUT2D eigenvalue weighted by atomic mass is 32.2. The van der Waals surface area contributed by atoms with E-state index in [4.69, 9.17) is 0 Å². The van der Waals surface area contributed by atoms with Crippen LogP contribution in [0.2, 0.25) is 0 Å². The summed E-state index contributed by atoms with van der Waals surface area (Å²) in [6.07, 6.45) is 1.04. The molecule has 6 nitrogen and oxygen atoms in total. The van der Waals surface area contributed by atoms with E-state index in [0.29, 0.717) is 30.8 Å². The van der Waals surface area contributed by atoms with E-state index < -0.39 is 10.0 Å². The Morgan fingerprint density at radius 1 is 1.00 bits per heavy atom. The van der Waals surface area contributed by atoms with Crippen LogP contribution in [-0.2, 0) is 14.8 Å². The molecule has 162 valence electrons. The largest absolute Gasteiger partial charge is 0.372 e. The van der Waals surface area contributed by atoms with E-state index in [1.807, 2.05) is 31.2 Å². The average molecular weight is 430 g/mol. The number of anilines is 2. The zero-order valence-electron chi connectivity index (χ0n) is 18.0. The van der Waals surface area contributed by atoms with E-state index in [-0.39, 0.29) is 11.8 Å². The predicted octanol–water partition coefficient (Wildman–Crippen LogP) is 3.88. The van der Waals surface area contributed by atoms with Crippen LogP contribution in [0.5, 0.6) is 0 Å². The lowest BCUT2D eigenvalue weighted by atomic mass is 9.97. The summed E-state index contributed by atoms with van der Waals surface area (Å²) < 4.78 is 27.1. The highest BCUT2D eigenvalue weighted by Crippen LogP contribution is 2.25. The van der Waals surface area contributed by atoms with E-state index in [1.54, 1.807) is 24.3 Å². The highest BCUT2D eigenvalue weighted by molar-refractivity contribution is 7.89. The van der Waals surface area contributed by atoms with Crippen LogP contribution in [0.4, 0.5) is 11.4 Å². The van der Waals surface area contributed by atoms with Gasteiger partial charge in [-0.05, 0) is 70.0 Å². The molecule has 7 heteroatoms. The monoisotopic (exact) mass is 429 g/mol. The van der Waals surface area contributed by atoms with E-state index in [0.717, 1.165) is 30.0 Å². The first-order valence-corrected chi connectivity index (χ1v) is 12.0. The van der Waals surface area contributed by atoms with E-state index >= 15 is 0 Å². The Bertz CT molecular complexity index is 944. The Morgan fingerprint density at radius 3 is 2.10 bits per heavy atom. The van der Waals surface area contributed by atoms with Crippen LogP contribution in [0.1, 0.15) is 32.3 Å². The third-order valence-electron chi connectivity index (χ3n) is 5.75. The summed E-state index contributed by atoms with van der Waals surface area (Å²) in [6, 6.07) is 14.8. The normalized spacial score (nSPS) is 15.7. The lowest BCUT2D eigenvalue weighted by Crippen LogP contribution is -2.41. The van der Waals surface area contributed by atoms with Gasteiger partial charge in [0.1, 0.15) is 0 Å². The van der Waals surface area contributed by atoms with Crippen LogP contribution in [0.25, 0.3) is 0 Å². The summed E-state index contributed by atoms with van der Waals surface area (Å²) in [4.78, 5) is 15.2. The van der Waals surface area contributed by atoms with Gasteiger partial charge in [0.2, 0.25) is 15.9 Å². The van der Waals surface area contributed by atoms with Crippen molar-refractivity contribution in [1.29, 1.82) is 0 Å². The molecule has 0 saturated carbocycles. The number of nitrogens with zero attached hydrogens (tertiary/aromatic N) is 2. The molecular formula is C23H31N3O3S. The number of benzene rings is 2. The first kappa shape index (κ1) is 22.3. The van der Waals surface area contributed by atoms with Crippen molar-refractivity contribution in [2.24, 2.45) is 5.92 Å². The summed E-state index contributed by atoms with van der Waals surface area (Å²) in [6.45, 7) is 8.75. The number of hydrogen-bond donors (Lipinski definition) is 1. The third kappa shape index (κ3) is 5.02. The van der Waals surface area contributed by atoms with E-state index in [9.17, 15) is 13.2 Å². The van der Waals surface area contributed by atoms with Crippen molar-refractivity contribution in [2.45, 2.75) is 38.5 Å². The van der Waals surface area contributed by atoms with Crippen LogP contribution >= 0.6 is 0 Å². The molecule has 1 aliphatic rings. The molecule has 1 fully saturated rings. The number of piperidine rings is 1. The smallest absolute Gasteiger partial charge is 0.243 e. The van der Waals surface area contributed by atoms with Crippen molar-refractivity contribution in [3.63, 3.8) is 0 Å². The van der Waals surface area contributed by atoms with Crippen LogP contribution in [0.3, 0.4) is 0 Å². The van der Waals surface area contributed by atoms with Gasteiger partial charge < -0.3 is 10.2 Å². The molecule has 2 aromatic carbocycles. The zero-order chi connectivity index (χ0) is 21.7. The maximum atomic E-state index is 12.8. The van der Waals surface area contributed by atoms with Crippen molar-refractivity contribution < 1.29 is 13.2 Å². The van der Waals surface area contributed by atoms with E-state index in [2.05, 4.69) is 24.1 Å². The Balaban J connectivity index is 1.57. The Labute approximate surface area is 179 Å². The van der Waals surface area contributed by atoms with Crippen molar-refractivity contribution >= 4 is 27.3 Å². The predicted molar refractivity (Wildman–Crippen MR) is 121 cm³/mol. The van der Waals surface area contributed by atoms with Gasteiger partial charge in [0.05, 0.1) is 4.90 Å². The molecule has 1 amide bonds. The third-order valence-corrected chi connectivity index (χ3v) is 7.66. The van der Waals surface area contributed by atoms with Crippen molar-refractivity contribution in [3.05, 3.63) is 54.1 Å². The van der Waals surface area contributed by atoms with Gasteiger partial charge in [0, 0.05) is 43.5 Å². The Morgan fingerprint density at radius 2 is 1.57 bits per heavy atom. The standard InChI is InChI=1S/C23H31N3O3S/c1-4-25(5-2)21-10-8-20(9-11-21)24-23(27)19-14-16-26(17-15-19)30(28,29)22-12-6-18(3)7-13-22/h6-13,19H,4-5,14-17H2,1-3H3,(H,24,27). The van der Waals surface area contributed by atoms with Crippen LogP contribution in [0, 0.1) is 12.8 Å². The first-order chi connectivity index (χ1) is 14.3. The maximum Gasteiger partial charge on any atom is 0.243 e. The summed E-state index contributed by atoms with van der Waals surface area (Å²) in [7, 11) is -3.51. The zero-order valence-corrected chi connectivity index (χ0v) is 18.8. The quantitative estimate of drug-likeness (QED) is 0.725. The minimum absolute atomic E-state index is 0.0435. The minimum atomic E-state index is -3.51. The van der Waals surface area contributed by atoms with Gasteiger partial charge in [-0.3, -0.25) is 4.79 Å². The summed E-state index contributed by atoms with van der Waals surface area (Å²) >= 11 is 0. The topological polar surface area (TPSA) is 69.7 Å². The number of rotatable bonds is 7. The molecule has 3 rings (SSSR count). The molecule has 2 aromatic rings. The first-order valence-electron chi connectivity index (χ1n) is 10.6. The molecule has 0 unspecified atom stereocenters. The summed E-state index contributed by atoms with van der Waals surface area (Å²) in [5, 5.41) is 2.98. The van der Waals surface area contributed by atoms with Gasteiger partial charge in [-0.25, -0.2) is 8.42 Å². The van der Waals surface area contributed by atoms with E-state index in [1.165, 1.54) is 4.31 Å². The lowest BCUT2D eigenvalue weighted by Gasteiger charge is -2.30. The Hall–Kier alpha value is -2.38. The maximum absolute atomic E-state index is 12.8. The number of carbonyl (C=O) groups is 1. The minimum Gasteiger partial charge on any atom is -0.372 e. The van der Waals surface area contributed by atoms with Crippen LogP contribution in [0.15, 0.2) is 53.4 Å². The van der Waals surface area contributed by atoms with Gasteiger partial charge in [-0.2, -0.15) is 4.31 Å². The summed E-state index contributed by atoms with van der Waals surface area (Å²) in [5.74, 6) is -0.227. The molecule has 0 bridgehead atoms. The second-order valence-electron chi connectivity index (χ2n) is 7.70. The van der Waals surface area contributed by atoms with Gasteiger partial charge in [-0.1, -0.05) is 17.7 Å².